The van der Waals surface area contributed by atoms with Crippen molar-refractivity contribution in [1.29, 1.82) is 0 Å². The molecule has 0 spiro atoms. The van der Waals surface area contributed by atoms with Gasteiger partial charge in [0.1, 0.15) is 13.2 Å². The van der Waals surface area contributed by atoms with E-state index in [4.69, 9.17) is 9.05 Å². The largest absolute Gasteiger partial charge is 0.756 e. The summed E-state index contributed by atoms with van der Waals surface area (Å²) in [6.45, 7) is 4.61. The zero-order valence-electron chi connectivity index (χ0n) is 40.0. The number of phosphoric acid groups is 1. The molecule has 0 rings (SSSR count). The number of unbranched alkanes of at least 4 members (excludes halogenated alkanes) is 34. The van der Waals surface area contributed by atoms with Crippen LogP contribution in [0.15, 0.2) is 12.2 Å². The Morgan fingerprint density at radius 2 is 0.915 bits per heavy atom. The number of likely N-dealkylation sites (N-methyl/N-ethyl adjacent to an activating group) is 1. The second-order valence-electron chi connectivity index (χ2n) is 18.9. The molecule has 0 fully saturated rings. The number of allylic oxidation sites excluding steroid dienone is 1. The fraction of sp³-hybridized carbons (Fsp3) is 0.940. The minimum absolute atomic E-state index is 0.00146. The molecule has 0 saturated carbocycles. The Balaban J connectivity index is 3.87. The molecule has 2 N–H and O–H groups in total. The van der Waals surface area contributed by atoms with E-state index in [0.29, 0.717) is 17.4 Å². The molecule has 0 radical (unpaired) electrons. The third-order valence-electron chi connectivity index (χ3n) is 11.7. The smallest absolute Gasteiger partial charge is 0.268 e. The summed E-state index contributed by atoms with van der Waals surface area (Å²) in [5, 5.41) is 13.7. The lowest BCUT2D eigenvalue weighted by atomic mass is 10.0. The van der Waals surface area contributed by atoms with Gasteiger partial charge < -0.3 is 28.8 Å². The van der Waals surface area contributed by atoms with Gasteiger partial charge in [-0.25, -0.2) is 0 Å². The molecule has 3 unspecified atom stereocenters. The molecule has 0 aromatic rings. The number of quaternary nitrogens is 1. The number of rotatable bonds is 47. The maximum Gasteiger partial charge on any atom is 0.268 e. The third-order valence-corrected chi connectivity index (χ3v) is 12.7. The lowest BCUT2D eigenvalue weighted by Gasteiger charge is -2.29. The van der Waals surface area contributed by atoms with E-state index in [9.17, 15) is 19.4 Å². The number of amides is 1. The summed E-state index contributed by atoms with van der Waals surface area (Å²) in [4.78, 5) is 25.2. The molecule has 0 aromatic carbocycles. The number of nitrogens with zero attached hydrogens (tertiary/aromatic N) is 1. The van der Waals surface area contributed by atoms with Crippen LogP contribution in [0.3, 0.4) is 0 Å². The highest BCUT2D eigenvalue weighted by Crippen LogP contribution is 2.38. The molecular weight excluding hydrogens is 756 g/mol. The van der Waals surface area contributed by atoms with Gasteiger partial charge in [0.15, 0.2) is 0 Å². The normalized spacial score (nSPS) is 14.2. The summed E-state index contributed by atoms with van der Waals surface area (Å²) < 4.78 is 23.1. The van der Waals surface area contributed by atoms with Crippen molar-refractivity contribution in [2.75, 3.05) is 40.9 Å². The Bertz CT molecular complexity index is 974. The maximum absolute atomic E-state index is 12.8. The highest BCUT2D eigenvalue weighted by Gasteiger charge is 2.23. The van der Waals surface area contributed by atoms with E-state index in [1.807, 2.05) is 27.2 Å². The van der Waals surface area contributed by atoms with Gasteiger partial charge in [-0.15, -0.1) is 0 Å². The quantitative estimate of drug-likeness (QED) is 0.0273. The molecule has 8 nitrogen and oxygen atoms in total. The van der Waals surface area contributed by atoms with Crippen LogP contribution in [0.2, 0.25) is 0 Å². The van der Waals surface area contributed by atoms with Crippen molar-refractivity contribution < 1.29 is 32.9 Å². The summed E-state index contributed by atoms with van der Waals surface area (Å²) in [6, 6.07) is -0.878. The number of hydrogen-bond donors (Lipinski definition) is 2. The first-order valence-corrected chi connectivity index (χ1v) is 27.0. The molecule has 3 atom stereocenters. The van der Waals surface area contributed by atoms with Crippen molar-refractivity contribution in [2.24, 2.45) is 0 Å². The van der Waals surface area contributed by atoms with Gasteiger partial charge in [-0.1, -0.05) is 238 Å². The molecule has 352 valence electrons. The monoisotopic (exact) mass is 857 g/mol. The Morgan fingerprint density at radius 3 is 1.27 bits per heavy atom. The number of aliphatic hydroxyl groups excluding tert-OH is 1. The average Bonchev–Trinajstić information content (AvgIpc) is 3.19. The highest BCUT2D eigenvalue weighted by molar-refractivity contribution is 7.45. The SMILES string of the molecule is CCCCCCC/C=C/C(O)C(COP(=O)([O-])OCC[N+](C)(C)C)NC(=O)CCCCCCCCCCCCCCCCCCCCCCCCCCCCCCCC. The van der Waals surface area contributed by atoms with Crippen molar-refractivity contribution >= 4 is 13.7 Å². The minimum atomic E-state index is -4.57. The number of hydrogen-bond acceptors (Lipinski definition) is 6. The molecule has 59 heavy (non-hydrogen) atoms. The van der Waals surface area contributed by atoms with Crippen LogP contribution >= 0.6 is 7.82 Å². The minimum Gasteiger partial charge on any atom is -0.756 e. The van der Waals surface area contributed by atoms with Crippen LogP contribution in [0.1, 0.15) is 251 Å². The van der Waals surface area contributed by atoms with E-state index < -0.39 is 20.0 Å². The topological polar surface area (TPSA) is 108 Å². The Labute approximate surface area is 367 Å². The lowest BCUT2D eigenvalue weighted by Crippen LogP contribution is -2.45. The molecule has 0 saturated heterocycles. The van der Waals surface area contributed by atoms with E-state index in [0.717, 1.165) is 38.5 Å². The van der Waals surface area contributed by atoms with Crippen LogP contribution in [-0.2, 0) is 18.4 Å². The average molecular weight is 857 g/mol. The standard InChI is InChI=1S/C50H101N2O6P/c1-6-8-10-12-14-15-16-17-18-19-20-21-22-23-24-25-26-27-28-29-30-31-32-33-34-35-36-38-40-42-44-50(54)51-48(49(53)43-41-39-37-13-11-9-7-2)47-58-59(55,56)57-46-45-52(3,4)5/h41,43,48-49,53H,6-40,42,44-47H2,1-5H3,(H-,51,54,55,56)/b43-41+. The van der Waals surface area contributed by atoms with Crippen LogP contribution in [0.5, 0.6) is 0 Å². The third kappa shape index (κ3) is 45.1. The van der Waals surface area contributed by atoms with Crippen molar-refractivity contribution in [3.8, 4) is 0 Å². The summed E-state index contributed by atoms with van der Waals surface area (Å²) >= 11 is 0. The van der Waals surface area contributed by atoms with E-state index in [1.54, 1.807) is 6.08 Å². The van der Waals surface area contributed by atoms with Crippen LogP contribution in [0, 0.1) is 0 Å². The fourth-order valence-electron chi connectivity index (χ4n) is 7.68. The van der Waals surface area contributed by atoms with Gasteiger partial charge in [-0.3, -0.25) is 9.36 Å². The van der Waals surface area contributed by atoms with Crippen molar-refractivity contribution in [3.05, 3.63) is 12.2 Å². The van der Waals surface area contributed by atoms with Gasteiger partial charge >= 0.3 is 0 Å². The zero-order valence-corrected chi connectivity index (χ0v) is 40.9. The van der Waals surface area contributed by atoms with E-state index in [1.165, 1.54) is 193 Å². The number of nitrogens with one attached hydrogen (secondary N) is 1. The van der Waals surface area contributed by atoms with Gasteiger partial charge in [-0.2, -0.15) is 0 Å². The second-order valence-corrected chi connectivity index (χ2v) is 20.3. The zero-order chi connectivity index (χ0) is 43.6. The maximum atomic E-state index is 12.8. The van der Waals surface area contributed by atoms with Crippen LogP contribution in [0.4, 0.5) is 0 Å². The molecular formula is C50H101N2O6P. The number of carbonyl (C=O) groups is 1. The van der Waals surface area contributed by atoms with Crippen molar-refractivity contribution in [2.45, 2.75) is 264 Å². The summed E-state index contributed by atoms with van der Waals surface area (Å²) in [5.74, 6) is -0.197. The fourth-order valence-corrected chi connectivity index (χ4v) is 8.41. The molecule has 1 amide bonds. The molecule has 0 heterocycles. The predicted octanol–water partition coefficient (Wildman–Crippen LogP) is 14.1. The molecule has 0 aliphatic heterocycles. The van der Waals surface area contributed by atoms with Gasteiger partial charge in [0.05, 0.1) is 39.9 Å². The first kappa shape index (κ1) is 58.2. The number of phosphoric ester groups is 1. The Hall–Kier alpha value is -0.760. The summed E-state index contributed by atoms with van der Waals surface area (Å²) in [7, 11) is 1.27. The van der Waals surface area contributed by atoms with Gasteiger partial charge in [0.2, 0.25) is 5.91 Å². The number of aliphatic hydroxyl groups is 1. The first-order valence-electron chi connectivity index (χ1n) is 25.6. The number of carbonyl (C=O) groups excluding carboxylic acids is 1. The van der Waals surface area contributed by atoms with Crippen molar-refractivity contribution in [3.63, 3.8) is 0 Å². The molecule has 0 aliphatic rings. The van der Waals surface area contributed by atoms with Crippen LogP contribution < -0.4 is 10.2 Å². The van der Waals surface area contributed by atoms with E-state index in [2.05, 4.69) is 19.2 Å². The second kappa shape index (κ2) is 42.5. The Morgan fingerprint density at radius 1 is 0.576 bits per heavy atom. The molecule has 9 heteroatoms. The van der Waals surface area contributed by atoms with E-state index >= 15 is 0 Å². The molecule has 0 aromatic heterocycles. The molecule has 0 bridgehead atoms. The highest BCUT2D eigenvalue weighted by atomic mass is 31.2. The predicted molar refractivity (Wildman–Crippen MR) is 252 cm³/mol. The van der Waals surface area contributed by atoms with E-state index in [-0.39, 0.29) is 19.1 Å². The Kier molecular flexibility index (Phi) is 42.0. The van der Waals surface area contributed by atoms with Gasteiger partial charge in [0, 0.05) is 6.42 Å². The van der Waals surface area contributed by atoms with Crippen LogP contribution in [-0.4, -0.2) is 68.5 Å². The summed E-state index contributed by atoms with van der Waals surface area (Å²) in [6.07, 6.45) is 50.3. The molecule has 0 aliphatic carbocycles. The van der Waals surface area contributed by atoms with Crippen molar-refractivity contribution in [1.82, 2.24) is 5.32 Å². The van der Waals surface area contributed by atoms with Gasteiger partial charge in [-0.05, 0) is 19.3 Å². The first-order chi connectivity index (χ1) is 28.5. The summed E-state index contributed by atoms with van der Waals surface area (Å²) in [5.41, 5.74) is 0. The lowest BCUT2D eigenvalue weighted by molar-refractivity contribution is -0.870. The van der Waals surface area contributed by atoms with Crippen LogP contribution in [0.25, 0.3) is 0 Å². The van der Waals surface area contributed by atoms with Gasteiger partial charge in [0.25, 0.3) is 7.82 Å².